The number of imide groups is 1. The Hall–Kier alpha value is -3.11. The van der Waals surface area contributed by atoms with E-state index < -0.39 is 0 Å². The van der Waals surface area contributed by atoms with E-state index in [1.54, 1.807) is 0 Å². The molecule has 3 nitrogen and oxygen atoms in total. The number of anilines is 1. The number of carbonyl (C=O) groups excluding carboxylic acids is 2. The number of carbonyl (C=O) groups is 2. The molecule has 0 unspecified atom stereocenters. The predicted octanol–water partition coefficient (Wildman–Crippen LogP) is 6.06. The fourth-order valence-electron chi connectivity index (χ4n) is 3.42. The molecule has 30 heavy (non-hydrogen) atoms. The van der Waals surface area contributed by atoms with Crippen molar-refractivity contribution in [3.05, 3.63) is 101 Å². The van der Waals surface area contributed by atoms with E-state index in [1.807, 2.05) is 84.9 Å². The topological polar surface area (TPSA) is 37.4 Å². The van der Waals surface area contributed by atoms with Crippen LogP contribution in [-0.4, -0.2) is 11.8 Å². The lowest BCUT2D eigenvalue weighted by atomic mass is 9.87. The summed E-state index contributed by atoms with van der Waals surface area (Å²) in [4.78, 5) is 29.5. The van der Waals surface area contributed by atoms with E-state index >= 15 is 0 Å². The van der Waals surface area contributed by atoms with Crippen molar-refractivity contribution in [2.45, 2.75) is 31.1 Å². The molecule has 0 saturated carbocycles. The van der Waals surface area contributed by atoms with Crippen molar-refractivity contribution in [2.75, 3.05) is 4.90 Å². The van der Waals surface area contributed by atoms with Crippen LogP contribution < -0.4 is 4.90 Å². The lowest BCUT2D eigenvalue weighted by Gasteiger charge is -2.21. The number of hydrogen-bond acceptors (Lipinski definition) is 3. The van der Waals surface area contributed by atoms with Gasteiger partial charge in [-0.05, 0) is 40.8 Å². The molecular weight excluding hydrogens is 390 g/mol. The second-order valence-corrected chi connectivity index (χ2v) is 9.31. The third-order valence-electron chi connectivity index (χ3n) is 5.06. The summed E-state index contributed by atoms with van der Waals surface area (Å²) in [5, 5.41) is 0. The summed E-state index contributed by atoms with van der Waals surface area (Å²) in [5.41, 5.74) is 2.95. The number of benzene rings is 3. The molecule has 0 aromatic heterocycles. The lowest BCUT2D eigenvalue weighted by molar-refractivity contribution is -0.119. The third-order valence-corrected chi connectivity index (χ3v) is 6.15. The second-order valence-electron chi connectivity index (χ2n) is 8.23. The Morgan fingerprint density at radius 2 is 1.27 bits per heavy atom. The summed E-state index contributed by atoms with van der Waals surface area (Å²) in [5.74, 6) is -0.565. The fraction of sp³-hybridized carbons (Fsp3) is 0.154. The Balaban J connectivity index is 1.76. The molecule has 0 radical (unpaired) electrons. The van der Waals surface area contributed by atoms with Crippen LogP contribution in [0.4, 0.5) is 5.69 Å². The van der Waals surface area contributed by atoms with Crippen molar-refractivity contribution in [2.24, 2.45) is 0 Å². The van der Waals surface area contributed by atoms with E-state index in [2.05, 4.69) is 20.8 Å². The van der Waals surface area contributed by atoms with Crippen LogP contribution in [0.3, 0.4) is 0 Å². The molecular formula is C26H23NO2S. The quantitative estimate of drug-likeness (QED) is 0.488. The standard InChI is InChI=1S/C26H23NO2S/c1-26(2,3)19-14-16-20(17-15-19)27-24(28)22(18-10-6-4-7-11-18)23(25(27)29)30-21-12-8-5-9-13-21/h4-17H,1-3H3. The number of hydrogen-bond donors (Lipinski definition) is 0. The first-order chi connectivity index (χ1) is 14.4. The van der Waals surface area contributed by atoms with E-state index in [1.165, 1.54) is 16.7 Å². The molecule has 3 aromatic carbocycles. The molecule has 0 fully saturated rings. The maximum atomic E-state index is 13.4. The smallest absolute Gasteiger partial charge is 0.268 e. The Labute approximate surface area is 181 Å². The highest BCUT2D eigenvalue weighted by Crippen LogP contribution is 2.41. The van der Waals surface area contributed by atoms with Gasteiger partial charge in [-0.1, -0.05) is 93.2 Å². The van der Waals surface area contributed by atoms with Gasteiger partial charge in [0.15, 0.2) is 0 Å². The molecule has 0 atom stereocenters. The Kier molecular flexibility index (Phi) is 5.35. The average Bonchev–Trinajstić information content (AvgIpc) is 2.98. The Bertz CT molecular complexity index is 1110. The molecule has 0 aliphatic carbocycles. The molecule has 0 N–H and O–H groups in total. The molecule has 1 heterocycles. The third kappa shape index (κ3) is 3.83. The number of nitrogens with zero attached hydrogens (tertiary/aromatic N) is 1. The predicted molar refractivity (Wildman–Crippen MR) is 123 cm³/mol. The number of thioether (sulfide) groups is 1. The molecule has 1 aliphatic rings. The van der Waals surface area contributed by atoms with Crippen LogP contribution >= 0.6 is 11.8 Å². The first-order valence-corrected chi connectivity index (χ1v) is 10.7. The summed E-state index contributed by atoms with van der Waals surface area (Å²) in [7, 11) is 0. The summed E-state index contributed by atoms with van der Waals surface area (Å²) >= 11 is 1.34. The molecule has 2 amide bonds. The summed E-state index contributed by atoms with van der Waals surface area (Å²) in [6, 6.07) is 26.8. The van der Waals surface area contributed by atoms with Gasteiger partial charge in [0.05, 0.1) is 16.2 Å². The van der Waals surface area contributed by atoms with Crippen LogP contribution in [0.1, 0.15) is 31.9 Å². The Morgan fingerprint density at radius 3 is 1.83 bits per heavy atom. The van der Waals surface area contributed by atoms with Crippen molar-refractivity contribution in [1.29, 1.82) is 0 Å². The molecule has 4 rings (SSSR count). The Morgan fingerprint density at radius 1 is 0.700 bits per heavy atom. The van der Waals surface area contributed by atoms with E-state index in [4.69, 9.17) is 0 Å². The highest BCUT2D eigenvalue weighted by Gasteiger charge is 2.40. The minimum absolute atomic E-state index is 0.000667. The fourth-order valence-corrected chi connectivity index (χ4v) is 4.43. The van der Waals surface area contributed by atoms with Crippen LogP contribution in [0.5, 0.6) is 0 Å². The number of amides is 2. The zero-order valence-electron chi connectivity index (χ0n) is 17.3. The van der Waals surface area contributed by atoms with Crippen LogP contribution in [-0.2, 0) is 15.0 Å². The molecule has 3 aromatic rings. The van der Waals surface area contributed by atoms with Gasteiger partial charge in [-0.15, -0.1) is 0 Å². The molecule has 4 heteroatoms. The number of rotatable bonds is 4. The second kappa shape index (κ2) is 7.96. The maximum Gasteiger partial charge on any atom is 0.272 e. The van der Waals surface area contributed by atoms with Gasteiger partial charge in [-0.3, -0.25) is 9.59 Å². The molecule has 0 spiro atoms. The van der Waals surface area contributed by atoms with Crippen molar-refractivity contribution in [1.82, 2.24) is 0 Å². The monoisotopic (exact) mass is 413 g/mol. The minimum atomic E-state index is -0.284. The molecule has 150 valence electrons. The van der Waals surface area contributed by atoms with Gasteiger partial charge in [-0.25, -0.2) is 4.90 Å². The van der Waals surface area contributed by atoms with Gasteiger partial charge >= 0.3 is 0 Å². The highest BCUT2D eigenvalue weighted by molar-refractivity contribution is 8.04. The first kappa shape index (κ1) is 20.2. The summed E-state index contributed by atoms with van der Waals surface area (Å²) < 4.78 is 0. The van der Waals surface area contributed by atoms with Crippen LogP contribution in [0, 0.1) is 0 Å². The van der Waals surface area contributed by atoms with Crippen molar-refractivity contribution < 1.29 is 9.59 Å². The van der Waals surface area contributed by atoms with Crippen LogP contribution in [0.2, 0.25) is 0 Å². The van der Waals surface area contributed by atoms with E-state index in [0.717, 1.165) is 16.0 Å². The highest BCUT2D eigenvalue weighted by atomic mass is 32.2. The minimum Gasteiger partial charge on any atom is -0.268 e. The van der Waals surface area contributed by atoms with Crippen molar-refractivity contribution in [3.8, 4) is 0 Å². The van der Waals surface area contributed by atoms with Crippen molar-refractivity contribution in [3.63, 3.8) is 0 Å². The van der Waals surface area contributed by atoms with E-state index in [-0.39, 0.29) is 17.2 Å². The summed E-state index contributed by atoms with van der Waals surface area (Å²) in [6.07, 6.45) is 0. The maximum absolute atomic E-state index is 13.4. The van der Waals surface area contributed by atoms with Crippen LogP contribution in [0.25, 0.3) is 5.57 Å². The van der Waals surface area contributed by atoms with E-state index in [0.29, 0.717) is 16.2 Å². The lowest BCUT2D eigenvalue weighted by Crippen LogP contribution is -2.31. The normalized spacial score (nSPS) is 14.6. The average molecular weight is 414 g/mol. The zero-order valence-corrected chi connectivity index (χ0v) is 18.1. The first-order valence-electron chi connectivity index (χ1n) is 9.88. The summed E-state index contributed by atoms with van der Waals surface area (Å²) in [6.45, 7) is 6.41. The van der Waals surface area contributed by atoms with Gasteiger partial charge in [0, 0.05) is 4.90 Å². The molecule has 1 aliphatic heterocycles. The van der Waals surface area contributed by atoms with Gasteiger partial charge in [-0.2, -0.15) is 0 Å². The van der Waals surface area contributed by atoms with Gasteiger partial charge in [0.1, 0.15) is 0 Å². The van der Waals surface area contributed by atoms with Crippen LogP contribution in [0.15, 0.2) is 94.7 Å². The van der Waals surface area contributed by atoms with Crippen molar-refractivity contribution >= 4 is 34.8 Å². The molecule has 0 bridgehead atoms. The van der Waals surface area contributed by atoms with Gasteiger partial charge < -0.3 is 0 Å². The van der Waals surface area contributed by atoms with Gasteiger partial charge in [0.2, 0.25) is 0 Å². The van der Waals surface area contributed by atoms with Gasteiger partial charge in [0.25, 0.3) is 11.8 Å². The zero-order chi connectivity index (χ0) is 21.3. The molecule has 0 saturated heterocycles. The SMILES string of the molecule is CC(C)(C)c1ccc(N2C(=O)C(Sc3ccccc3)=C(c3ccccc3)C2=O)cc1. The largest absolute Gasteiger partial charge is 0.272 e. The van der Waals surface area contributed by atoms with E-state index in [9.17, 15) is 9.59 Å².